The highest BCUT2D eigenvalue weighted by atomic mass is 35.5. The van der Waals surface area contributed by atoms with Crippen LogP contribution in [0.15, 0.2) is 52.3 Å². The van der Waals surface area contributed by atoms with E-state index in [1.165, 1.54) is 49.4 Å². The lowest BCUT2D eigenvalue weighted by atomic mass is 9.78. The van der Waals surface area contributed by atoms with E-state index in [9.17, 15) is 18.0 Å². The van der Waals surface area contributed by atoms with Crippen LogP contribution in [-0.2, 0) is 14.6 Å². The number of rotatable bonds is 5. The van der Waals surface area contributed by atoms with Gasteiger partial charge < -0.3 is 10.6 Å². The quantitative estimate of drug-likeness (QED) is 0.674. The van der Waals surface area contributed by atoms with E-state index in [1.807, 2.05) is 0 Å². The van der Waals surface area contributed by atoms with Crippen molar-refractivity contribution in [3.05, 3.63) is 53.1 Å². The number of anilines is 1. The van der Waals surface area contributed by atoms with Gasteiger partial charge >= 0.3 is 0 Å². The molecule has 31 heavy (non-hydrogen) atoms. The van der Waals surface area contributed by atoms with Crippen LogP contribution in [0.4, 0.5) is 5.69 Å². The number of carbonyl (C=O) groups excluding carboxylic acids is 2. The fourth-order valence-corrected chi connectivity index (χ4v) is 5.49. The summed E-state index contributed by atoms with van der Waals surface area (Å²) in [5, 5.41) is 6.04. The second-order valence-electron chi connectivity index (χ2n) is 8.20. The minimum atomic E-state index is -3.92. The first-order valence-electron chi connectivity index (χ1n) is 10.3. The number of nitrogens with one attached hydrogen (secondary N) is 2. The van der Waals surface area contributed by atoms with Gasteiger partial charge in [-0.25, -0.2) is 8.42 Å². The van der Waals surface area contributed by atoms with Crippen molar-refractivity contribution in [3.8, 4) is 0 Å². The van der Waals surface area contributed by atoms with Crippen molar-refractivity contribution in [1.82, 2.24) is 5.32 Å². The zero-order valence-corrected chi connectivity index (χ0v) is 19.4. The average Bonchev–Trinajstić information content (AvgIpc) is 2.71. The first-order valence-corrected chi connectivity index (χ1v) is 12.2. The summed E-state index contributed by atoms with van der Waals surface area (Å²) in [6.45, 7) is 5.62. The average molecular weight is 463 g/mol. The molecule has 0 aromatic heterocycles. The summed E-state index contributed by atoms with van der Waals surface area (Å²) in [7, 11) is -3.92. The molecule has 0 spiro atoms. The molecule has 1 aliphatic carbocycles. The number of sulfone groups is 1. The zero-order chi connectivity index (χ0) is 22.8. The molecule has 0 radical (unpaired) electrons. The van der Waals surface area contributed by atoms with Crippen LogP contribution < -0.4 is 10.6 Å². The molecule has 1 aliphatic rings. The van der Waals surface area contributed by atoms with Crippen LogP contribution in [0, 0.1) is 11.8 Å². The number of benzene rings is 2. The molecule has 8 heteroatoms. The van der Waals surface area contributed by atoms with E-state index in [1.54, 1.807) is 0 Å². The van der Waals surface area contributed by atoms with Crippen molar-refractivity contribution in [2.45, 2.75) is 55.9 Å². The Morgan fingerprint density at radius 2 is 1.71 bits per heavy atom. The fourth-order valence-electron chi connectivity index (χ4n) is 3.97. The monoisotopic (exact) mass is 462 g/mol. The summed E-state index contributed by atoms with van der Waals surface area (Å²) < 4.78 is 26.3. The van der Waals surface area contributed by atoms with E-state index in [0.717, 1.165) is 19.3 Å². The summed E-state index contributed by atoms with van der Waals surface area (Å²) in [4.78, 5) is 24.6. The maximum atomic E-state index is 13.1. The molecule has 0 aliphatic heterocycles. The molecular weight excluding hydrogens is 436 g/mol. The lowest BCUT2D eigenvalue weighted by molar-refractivity contribution is -0.114. The molecule has 2 aromatic rings. The van der Waals surface area contributed by atoms with E-state index in [4.69, 9.17) is 11.6 Å². The maximum Gasteiger partial charge on any atom is 0.251 e. The molecule has 2 N–H and O–H groups in total. The van der Waals surface area contributed by atoms with Crippen molar-refractivity contribution >= 4 is 38.9 Å². The van der Waals surface area contributed by atoms with Crippen LogP contribution in [0.3, 0.4) is 0 Å². The molecule has 1 fully saturated rings. The third-order valence-corrected chi connectivity index (χ3v) is 8.07. The number of halogens is 1. The van der Waals surface area contributed by atoms with Gasteiger partial charge in [-0.15, -0.1) is 0 Å². The highest BCUT2D eigenvalue weighted by molar-refractivity contribution is 7.91. The van der Waals surface area contributed by atoms with Crippen LogP contribution in [0.2, 0.25) is 5.02 Å². The summed E-state index contributed by atoms with van der Waals surface area (Å²) in [5.41, 5.74) is 0.365. The Morgan fingerprint density at radius 1 is 1.03 bits per heavy atom. The van der Waals surface area contributed by atoms with E-state index >= 15 is 0 Å². The molecular formula is C23H27ClN2O4S. The third kappa shape index (κ3) is 5.28. The van der Waals surface area contributed by atoms with Crippen molar-refractivity contribution < 1.29 is 18.0 Å². The second-order valence-corrected chi connectivity index (χ2v) is 10.6. The summed E-state index contributed by atoms with van der Waals surface area (Å²) >= 11 is 5.87. The number of amides is 2. The van der Waals surface area contributed by atoms with Crippen LogP contribution in [0.1, 0.15) is 50.4 Å². The maximum absolute atomic E-state index is 13.1. The van der Waals surface area contributed by atoms with Crippen LogP contribution in [-0.4, -0.2) is 26.3 Å². The number of hydrogen-bond donors (Lipinski definition) is 2. The molecule has 166 valence electrons. The normalized spacial score (nSPS) is 21.4. The SMILES string of the molecule is CC(=O)Nc1cc(C(=O)N[C@@H]2CCC[C@@H](C)[C@H]2C)ccc1S(=O)(=O)c1ccc(Cl)cc1. The Morgan fingerprint density at radius 3 is 2.35 bits per heavy atom. The summed E-state index contributed by atoms with van der Waals surface area (Å²) in [5.74, 6) is 0.172. The largest absolute Gasteiger partial charge is 0.349 e. The highest BCUT2D eigenvalue weighted by Crippen LogP contribution is 2.31. The van der Waals surface area contributed by atoms with Crippen molar-refractivity contribution in [3.63, 3.8) is 0 Å². The fraction of sp³-hybridized carbons (Fsp3) is 0.391. The van der Waals surface area contributed by atoms with Crippen LogP contribution >= 0.6 is 11.6 Å². The van der Waals surface area contributed by atoms with E-state index in [2.05, 4.69) is 24.5 Å². The minimum Gasteiger partial charge on any atom is -0.349 e. The van der Waals surface area contributed by atoms with Gasteiger partial charge in [0.2, 0.25) is 15.7 Å². The van der Waals surface area contributed by atoms with Gasteiger partial charge in [0.05, 0.1) is 15.5 Å². The number of carbonyl (C=O) groups is 2. The molecule has 0 heterocycles. The molecule has 0 bridgehead atoms. The van der Waals surface area contributed by atoms with Gasteiger partial charge in [-0.3, -0.25) is 9.59 Å². The van der Waals surface area contributed by atoms with Gasteiger partial charge in [0.15, 0.2) is 0 Å². The molecule has 0 unspecified atom stereocenters. The van der Waals surface area contributed by atoms with Gasteiger partial charge in [0.25, 0.3) is 5.91 Å². The Bertz CT molecular complexity index is 1080. The second kappa shape index (κ2) is 9.40. The Labute approximate surface area is 188 Å². The minimum absolute atomic E-state index is 0.0470. The van der Waals surface area contributed by atoms with Crippen molar-refractivity contribution in [2.24, 2.45) is 11.8 Å². The third-order valence-electron chi connectivity index (χ3n) is 5.99. The molecule has 3 rings (SSSR count). The zero-order valence-electron chi connectivity index (χ0n) is 17.8. The van der Waals surface area contributed by atoms with Crippen LogP contribution in [0.25, 0.3) is 0 Å². The molecule has 0 saturated heterocycles. The molecule has 2 aromatic carbocycles. The van der Waals surface area contributed by atoms with Gasteiger partial charge in [-0.2, -0.15) is 0 Å². The molecule has 1 saturated carbocycles. The van der Waals surface area contributed by atoms with Gasteiger partial charge in [-0.1, -0.05) is 38.3 Å². The van der Waals surface area contributed by atoms with Crippen molar-refractivity contribution in [2.75, 3.05) is 5.32 Å². The Kier molecular flexibility index (Phi) is 7.06. The van der Waals surface area contributed by atoms with E-state index in [-0.39, 0.29) is 27.4 Å². The van der Waals surface area contributed by atoms with Gasteiger partial charge in [0.1, 0.15) is 0 Å². The van der Waals surface area contributed by atoms with Crippen LogP contribution in [0.5, 0.6) is 0 Å². The number of hydrogen-bond acceptors (Lipinski definition) is 4. The molecule has 3 atom stereocenters. The van der Waals surface area contributed by atoms with E-state index in [0.29, 0.717) is 22.4 Å². The Hall–Kier alpha value is -2.38. The Balaban J connectivity index is 1.93. The van der Waals surface area contributed by atoms with Gasteiger partial charge in [0, 0.05) is 23.6 Å². The topological polar surface area (TPSA) is 92.3 Å². The standard InChI is InChI=1S/C23H27ClN2O4S/c1-14-5-4-6-20(15(14)2)26-23(28)17-7-12-22(21(13-17)25-16(3)27)31(29,30)19-10-8-18(24)9-11-19/h7-15,20H,4-6H2,1-3H3,(H,25,27)(H,26,28)/t14-,15-,20-/m1/s1. The molecule has 2 amide bonds. The van der Waals surface area contributed by atoms with Crippen molar-refractivity contribution in [1.29, 1.82) is 0 Å². The predicted molar refractivity (Wildman–Crippen MR) is 121 cm³/mol. The lowest BCUT2D eigenvalue weighted by Gasteiger charge is -2.34. The summed E-state index contributed by atoms with van der Waals surface area (Å²) in [6.07, 6.45) is 3.13. The summed E-state index contributed by atoms with van der Waals surface area (Å²) in [6, 6.07) is 10.1. The van der Waals surface area contributed by atoms with E-state index < -0.39 is 15.7 Å². The van der Waals surface area contributed by atoms with Gasteiger partial charge in [-0.05, 0) is 60.7 Å². The lowest BCUT2D eigenvalue weighted by Crippen LogP contribution is -2.43. The predicted octanol–water partition coefficient (Wildman–Crippen LogP) is 4.69. The highest BCUT2D eigenvalue weighted by Gasteiger charge is 2.29. The smallest absolute Gasteiger partial charge is 0.251 e. The first kappa shape index (κ1) is 23.3. The first-order chi connectivity index (χ1) is 14.6. The molecule has 6 nitrogen and oxygen atoms in total.